The number of fused-ring (bicyclic) bond motifs is 1. The molecule has 9 nitrogen and oxygen atoms in total. The first-order valence-electron chi connectivity index (χ1n) is 10.1. The fourth-order valence-electron chi connectivity index (χ4n) is 3.74. The summed E-state index contributed by atoms with van der Waals surface area (Å²) in [6.07, 6.45) is 0. The monoisotopic (exact) mass is 440 g/mol. The molecule has 1 aromatic carbocycles. The second kappa shape index (κ2) is 8.78. The predicted molar refractivity (Wildman–Crippen MR) is 113 cm³/mol. The molecule has 0 fully saturated rings. The average molecular weight is 440 g/mol. The fourth-order valence-corrected chi connectivity index (χ4v) is 3.74. The van der Waals surface area contributed by atoms with Crippen LogP contribution in [-0.4, -0.2) is 58.7 Å². The molecule has 0 aliphatic carbocycles. The number of rotatable bonds is 7. The molecule has 0 bridgehead atoms. The van der Waals surface area contributed by atoms with Crippen LogP contribution in [0.5, 0.6) is 0 Å². The van der Waals surface area contributed by atoms with Gasteiger partial charge >= 0.3 is 11.9 Å². The minimum atomic E-state index is -1.21. The van der Waals surface area contributed by atoms with Crippen molar-refractivity contribution in [3.8, 4) is 0 Å². The highest BCUT2D eigenvalue weighted by Gasteiger charge is 2.41. The summed E-state index contributed by atoms with van der Waals surface area (Å²) < 4.78 is 10.1. The number of nitrogens with one attached hydrogen (secondary N) is 1. The maximum absolute atomic E-state index is 12.7. The molecule has 1 N–H and O–H groups in total. The Hall–Kier alpha value is -3.75. The summed E-state index contributed by atoms with van der Waals surface area (Å²) in [5, 5.41) is 0. The summed E-state index contributed by atoms with van der Waals surface area (Å²) in [5.74, 6) is -3.16. The maximum atomic E-state index is 12.7. The summed E-state index contributed by atoms with van der Waals surface area (Å²) in [5.41, 5.74) is 2.49. The van der Waals surface area contributed by atoms with Gasteiger partial charge < -0.3 is 14.5 Å². The van der Waals surface area contributed by atoms with E-state index in [1.165, 1.54) is 6.92 Å². The average Bonchev–Trinajstić information content (AvgIpc) is 3.18. The number of H-pyrrole nitrogens is 1. The van der Waals surface area contributed by atoms with Gasteiger partial charge in [0.15, 0.2) is 6.61 Å². The molecule has 3 rings (SSSR count). The van der Waals surface area contributed by atoms with Crippen LogP contribution in [0.25, 0.3) is 0 Å². The number of ether oxygens (including phenoxy) is 2. The Morgan fingerprint density at radius 1 is 1.03 bits per heavy atom. The van der Waals surface area contributed by atoms with Crippen LogP contribution in [0, 0.1) is 20.8 Å². The normalized spacial score (nSPS) is 13.7. The van der Waals surface area contributed by atoms with E-state index in [-0.39, 0.29) is 29.0 Å². The van der Waals surface area contributed by atoms with Crippen molar-refractivity contribution in [3.05, 3.63) is 57.4 Å². The molecule has 0 saturated heterocycles. The Morgan fingerprint density at radius 2 is 1.69 bits per heavy atom. The van der Waals surface area contributed by atoms with E-state index >= 15 is 0 Å². The maximum Gasteiger partial charge on any atom is 0.355 e. The fraction of sp³-hybridized carbons (Fsp3) is 0.348. The zero-order valence-electron chi connectivity index (χ0n) is 18.5. The van der Waals surface area contributed by atoms with Crippen molar-refractivity contribution in [1.82, 2.24) is 9.88 Å². The molecular weight excluding hydrogens is 416 g/mol. The number of hydrogen-bond donors (Lipinski definition) is 1. The summed E-state index contributed by atoms with van der Waals surface area (Å²) in [6, 6.07) is 3.64. The van der Waals surface area contributed by atoms with Gasteiger partial charge in [0.25, 0.3) is 11.8 Å². The molecule has 2 aromatic rings. The molecule has 1 aromatic heterocycles. The number of imide groups is 1. The standard InChI is InChI=1S/C23H24N2O7/c1-6-31-23(30)19-12(3)18(13(4)24-19)17(26)10-32-22(29)14(5)25-20(27)15-8-7-11(2)9-16(15)21(25)28/h7-9,14,24H,6,10H2,1-5H3. The number of aromatic amines is 1. The molecule has 2 amide bonds. The first-order chi connectivity index (χ1) is 15.1. The van der Waals surface area contributed by atoms with Crippen molar-refractivity contribution >= 4 is 29.5 Å². The molecule has 0 saturated carbocycles. The van der Waals surface area contributed by atoms with Crippen molar-refractivity contribution in [2.24, 2.45) is 0 Å². The van der Waals surface area contributed by atoms with E-state index in [2.05, 4.69) is 4.98 Å². The van der Waals surface area contributed by atoms with E-state index in [1.54, 1.807) is 45.9 Å². The number of aryl methyl sites for hydroxylation is 2. The SMILES string of the molecule is CCOC(=O)c1[nH]c(C)c(C(=O)COC(=O)C(C)N2C(=O)c3ccc(C)cc3C2=O)c1C. The summed E-state index contributed by atoms with van der Waals surface area (Å²) in [4.78, 5) is 66.2. The zero-order valence-corrected chi connectivity index (χ0v) is 18.5. The number of esters is 2. The van der Waals surface area contributed by atoms with Crippen LogP contribution >= 0.6 is 0 Å². The number of aromatic nitrogens is 1. The van der Waals surface area contributed by atoms with Gasteiger partial charge in [-0.25, -0.2) is 9.59 Å². The smallest absolute Gasteiger partial charge is 0.355 e. The topological polar surface area (TPSA) is 123 Å². The van der Waals surface area contributed by atoms with Crippen LogP contribution in [0.4, 0.5) is 0 Å². The van der Waals surface area contributed by atoms with Gasteiger partial charge in [-0.2, -0.15) is 0 Å². The van der Waals surface area contributed by atoms with E-state index in [4.69, 9.17) is 9.47 Å². The van der Waals surface area contributed by atoms with Crippen molar-refractivity contribution < 1.29 is 33.4 Å². The summed E-state index contributed by atoms with van der Waals surface area (Å²) in [6.45, 7) is 7.63. The van der Waals surface area contributed by atoms with Crippen molar-refractivity contribution in [3.63, 3.8) is 0 Å². The third kappa shape index (κ3) is 3.93. The molecule has 1 unspecified atom stereocenters. The lowest BCUT2D eigenvalue weighted by molar-refractivity contribution is -0.146. The molecule has 9 heteroatoms. The van der Waals surface area contributed by atoms with Gasteiger partial charge in [-0.1, -0.05) is 11.6 Å². The van der Waals surface area contributed by atoms with Crippen molar-refractivity contribution in [2.45, 2.75) is 40.7 Å². The van der Waals surface area contributed by atoms with E-state index in [1.807, 2.05) is 0 Å². The first-order valence-corrected chi connectivity index (χ1v) is 10.1. The summed E-state index contributed by atoms with van der Waals surface area (Å²) in [7, 11) is 0. The number of carbonyl (C=O) groups excluding carboxylic acids is 5. The Kier molecular flexibility index (Phi) is 6.29. The highest BCUT2D eigenvalue weighted by Crippen LogP contribution is 2.26. The third-order valence-corrected chi connectivity index (χ3v) is 5.34. The summed E-state index contributed by atoms with van der Waals surface area (Å²) >= 11 is 0. The van der Waals surface area contributed by atoms with E-state index in [9.17, 15) is 24.0 Å². The van der Waals surface area contributed by atoms with Crippen LogP contribution in [-0.2, 0) is 14.3 Å². The van der Waals surface area contributed by atoms with E-state index in [0.717, 1.165) is 10.5 Å². The largest absolute Gasteiger partial charge is 0.461 e. The number of amides is 2. The highest BCUT2D eigenvalue weighted by atomic mass is 16.5. The lowest BCUT2D eigenvalue weighted by atomic mass is 10.1. The third-order valence-electron chi connectivity index (χ3n) is 5.34. The molecule has 2 heterocycles. The van der Waals surface area contributed by atoms with Gasteiger partial charge in [-0.3, -0.25) is 19.3 Å². The molecule has 168 valence electrons. The Labute approximate surface area is 184 Å². The minimum Gasteiger partial charge on any atom is -0.461 e. The number of hydrogen-bond acceptors (Lipinski definition) is 7. The Bertz CT molecular complexity index is 1150. The quantitative estimate of drug-likeness (QED) is 0.399. The number of nitrogens with zero attached hydrogens (tertiary/aromatic N) is 1. The molecular formula is C23H24N2O7. The van der Waals surface area contributed by atoms with Crippen LogP contribution in [0.3, 0.4) is 0 Å². The first kappa shape index (κ1) is 22.9. The van der Waals surface area contributed by atoms with E-state index in [0.29, 0.717) is 11.3 Å². The van der Waals surface area contributed by atoms with Gasteiger partial charge in [0.2, 0.25) is 5.78 Å². The Balaban J connectivity index is 1.70. The highest BCUT2D eigenvalue weighted by molar-refractivity contribution is 6.22. The lowest BCUT2D eigenvalue weighted by Crippen LogP contribution is -2.44. The van der Waals surface area contributed by atoms with Gasteiger partial charge in [-0.15, -0.1) is 0 Å². The predicted octanol–water partition coefficient (Wildman–Crippen LogP) is 2.53. The molecule has 32 heavy (non-hydrogen) atoms. The van der Waals surface area contributed by atoms with Gasteiger partial charge in [0.1, 0.15) is 11.7 Å². The second-order valence-corrected chi connectivity index (χ2v) is 7.58. The van der Waals surface area contributed by atoms with Crippen molar-refractivity contribution in [1.29, 1.82) is 0 Å². The minimum absolute atomic E-state index is 0.161. The van der Waals surface area contributed by atoms with Crippen molar-refractivity contribution in [2.75, 3.05) is 13.2 Å². The van der Waals surface area contributed by atoms with Crippen LogP contribution in [0.2, 0.25) is 0 Å². The van der Waals surface area contributed by atoms with Crippen LogP contribution in [0.1, 0.15) is 72.2 Å². The molecule has 0 spiro atoms. The molecule has 1 aliphatic rings. The van der Waals surface area contributed by atoms with Crippen LogP contribution < -0.4 is 0 Å². The number of Topliss-reactive ketones (excluding diaryl/α,β-unsaturated/α-hetero) is 1. The van der Waals surface area contributed by atoms with Gasteiger partial charge in [0, 0.05) is 11.3 Å². The van der Waals surface area contributed by atoms with Gasteiger partial charge in [-0.05, 0) is 52.3 Å². The van der Waals surface area contributed by atoms with E-state index < -0.39 is 42.2 Å². The van der Waals surface area contributed by atoms with Gasteiger partial charge in [0.05, 0.1) is 17.7 Å². The molecule has 1 atom stereocenters. The number of ketones is 1. The lowest BCUT2D eigenvalue weighted by Gasteiger charge is -2.20. The Morgan fingerprint density at radius 3 is 2.34 bits per heavy atom. The molecule has 0 radical (unpaired) electrons. The van der Waals surface area contributed by atoms with Crippen LogP contribution in [0.15, 0.2) is 18.2 Å². The number of benzene rings is 1. The zero-order chi connectivity index (χ0) is 23.7. The second-order valence-electron chi connectivity index (χ2n) is 7.58. The molecule has 1 aliphatic heterocycles. The number of carbonyl (C=O) groups is 5.